The van der Waals surface area contributed by atoms with Crippen LogP contribution in [-0.4, -0.2) is 47.8 Å². The highest BCUT2D eigenvalue weighted by atomic mass is 32.2. The Morgan fingerprint density at radius 2 is 1.48 bits per heavy atom. The first-order valence-electron chi connectivity index (χ1n) is 6.31. The van der Waals surface area contributed by atoms with Gasteiger partial charge >= 0.3 is 0 Å². The first-order chi connectivity index (χ1) is 9.90. The maximum absolute atomic E-state index is 12.9. The van der Waals surface area contributed by atoms with E-state index in [9.17, 15) is 4.79 Å². The standard InChI is InChI=1S/C12H18N6OS2/c1-12(2,3)8(19)9(17-10(20-4)13-6-15-17)18-11(21-5)14-7-16-18/h6-7,9H,1-5H3. The Bertz CT molecular complexity index is 587. The van der Waals surface area contributed by atoms with Crippen LogP contribution in [-0.2, 0) is 4.79 Å². The van der Waals surface area contributed by atoms with E-state index in [1.54, 1.807) is 9.36 Å². The first-order valence-corrected chi connectivity index (χ1v) is 8.76. The summed E-state index contributed by atoms with van der Waals surface area (Å²) < 4.78 is 3.21. The van der Waals surface area contributed by atoms with Crippen LogP contribution in [0.4, 0.5) is 0 Å². The highest BCUT2D eigenvalue weighted by Gasteiger charge is 2.36. The maximum Gasteiger partial charge on any atom is 0.207 e. The number of aromatic nitrogens is 6. The Kier molecular flexibility index (Phi) is 4.72. The third-order valence-corrected chi connectivity index (χ3v) is 4.20. The van der Waals surface area contributed by atoms with Crippen LogP contribution in [0.3, 0.4) is 0 Å². The van der Waals surface area contributed by atoms with Crippen LogP contribution >= 0.6 is 23.5 Å². The van der Waals surface area contributed by atoms with E-state index in [1.807, 2.05) is 33.3 Å². The van der Waals surface area contributed by atoms with E-state index < -0.39 is 11.6 Å². The van der Waals surface area contributed by atoms with Crippen molar-refractivity contribution in [3.63, 3.8) is 0 Å². The van der Waals surface area contributed by atoms with Crippen LogP contribution in [0, 0.1) is 5.41 Å². The second kappa shape index (κ2) is 6.18. The quantitative estimate of drug-likeness (QED) is 0.777. The number of nitrogens with zero attached hydrogens (tertiary/aromatic N) is 6. The average molecular weight is 326 g/mol. The summed E-state index contributed by atoms with van der Waals surface area (Å²) in [5.74, 6) is 0.00380. The fourth-order valence-corrected chi connectivity index (χ4v) is 2.79. The highest BCUT2D eigenvalue weighted by molar-refractivity contribution is 7.98. The lowest BCUT2D eigenvalue weighted by Gasteiger charge is -2.26. The SMILES string of the molecule is CSc1ncnn1C(C(=O)C(C)(C)C)n1ncnc1SC. The van der Waals surface area contributed by atoms with E-state index in [-0.39, 0.29) is 5.78 Å². The van der Waals surface area contributed by atoms with Gasteiger partial charge in [0.15, 0.2) is 16.1 Å². The molecule has 0 aliphatic rings. The molecule has 2 aromatic heterocycles. The van der Waals surface area contributed by atoms with Gasteiger partial charge in [-0.25, -0.2) is 19.3 Å². The zero-order chi connectivity index (χ0) is 15.6. The molecule has 0 unspecified atom stereocenters. The normalized spacial score (nSPS) is 12.1. The van der Waals surface area contributed by atoms with Gasteiger partial charge in [-0.15, -0.1) is 0 Å². The molecule has 0 fully saturated rings. The van der Waals surface area contributed by atoms with Gasteiger partial charge < -0.3 is 0 Å². The van der Waals surface area contributed by atoms with Crippen molar-refractivity contribution in [2.24, 2.45) is 5.41 Å². The molecule has 0 aliphatic heterocycles. The topological polar surface area (TPSA) is 78.5 Å². The predicted molar refractivity (Wildman–Crippen MR) is 82.5 cm³/mol. The molecule has 0 amide bonds. The van der Waals surface area contributed by atoms with Gasteiger partial charge in [0.1, 0.15) is 12.7 Å². The number of hydrogen-bond donors (Lipinski definition) is 0. The van der Waals surface area contributed by atoms with Crippen molar-refractivity contribution in [3.8, 4) is 0 Å². The molecule has 7 nitrogen and oxygen atoms in total. The van der Waals surface area contributed by atoms with Crippen molar-refractivity contribution in [2.75, 3.05) is 12.5 Å². The summed E-state index contributed by atoms with van der Waals surface area (Å²) >= 11 is 2.88. The van der Waals surface area contributed by atoms with E-state index in [2.05, 4.69) is 20.2 Å². The lowest BCUT2D eigenvalue weighted by Crippen LogP contribution is -2.37. The van der Waals surface area contributed by atoms with Crippen LogP contribution in [0.15, 0.2) is 23.0 Å². The van der Waals surface area contributed by atoms with Crippen LogP contribution in [0.1, 0.15) is 26.9 Å². The molecule has 0 atom stereocenters. The van der Waals surface area contributed by atoms with Gasteiger partial charge in [0.05, 0.1) is 0 Å². The van der Waals surface area contributed by atoms with Crippen molar-refractivity contribution < 1.29 is 4.79 Å². The van der Waals surface area contributed by atoms with Crippen LogP contribution < -0.4 is 0 Å². The minimum Gasteiger partial charge on any atom is -0.294 e. The summed E-state index contributed by atoms with van der Waals surface area (Å²) in [6.45, 7) is 5.65. The van der Waals surface area contributed by atoms with E-state index in [1.165, 1.54) is 36.2 Å². The van der Waals surface area contributed by atoms with E-state index in [0.717, 1.165) is 0 Å². The molecule has 2 rings (SSSR count). The molecule has 0 spiro atoms. The van der Waals surface area contributed by atoms with Gasteiger partial charge in [-0.05, 0) is 12.5 Å². The van der Waals surface area contributed by atoms with Gasteiger partial charge in [0, 0.05) is 5.41 Å². The molecule has 0 radical (unpaired) electrons. The van der Waals surface area contributed by atoms with Crippen LogP contribution in [0.5, 0.6) is 0 Å². The Labute approximate surface area is 131 Å². The fraction of sp³-hybridized carbons (Fsp3) is 0.583. The first kappa shape index (κ1) is 16.0. The Morgan fingerprint density at radius 1 is 1.05 bits per heavy atom. The molecule has 2 heterocycles. The molecule has 0 saturated carbocycles. The second-order valence-corrected chi connectivity index (χ2v) is 6.92. The molecule has 0 N–H and O–H groups in total. The molecule has 0 aliphatic carbocycles. The highest BCUT2D eigenvalue weighted by Crippen LogP contribution is 2.28. The van der Waals surface area contributed by atoms with Gasteiger partial charge in [-0.2, -0.15) is 10.2 Å². The number of Topliss-reactive ketones (excluding diaryl/α,β-unsaturated/α-hetero) is 1. The summed E-state index contributed by atoms with van der Waals surface area (Å²) in [7, 11) is 0. The monoisotopic (exact) mass is 326 g/mol. The van der Waals surface area contributed by atoms with E-state index in [0.29, 0.717) is 10.3 Å². The second-order valence-electron chi connectivity index (χ2n) is 5.37. The van der Waals surface area contributed by atoms with Gasteiger partial charge in [0.25, 0.3) is 0 Å². The number of ketones is 1. The summed E-state index contributed by atoms with van der Waals surface area (Å²) in [5.41, 5.74) is -0.534. The van der Waals surface area contributed by atoms with Crippen molar-refractivity contribution in [1.82, 2.24) is 29.5 Å². The Balaban J connectivity index is 2.58. The lowest BCUT2D eigenvalue weighted by molar-refractivity contribution is -0.131. The minimum atomic E-state index is -0.681. The van der Waals surface area contributed by atoms with Crippen molar-refractivity contribution in [1.29, 1.82) is 0 Å². The van der Waals surface area contributed by atoms with Gasteiger partial charge in [-0.3, -0.25) is 4.79 Å². The van der Waals surface area contributed by atoms with Crippen molar-refractivity contribution >= 4 is 29.3 Å². The summed E-state index contributed by atoms with van der Waals surface area (Å²) in [6, 6.07) is 0. The minimum absolute atomic E-state index is 0.00380. The summed E-state index contributed by atoms with van der Waals surface area (Å²) in [4.78, 5) is 21.3. The van der Waals surface area contributed by atoms with E-state index >= 15 is 0 Å². The zero-order valence-electron chi connectivity index (χ0n) is 12.6. The van der Waals surface area contributed by atoms with Crippen LogP contribution in [0.25, 0.3) is 0 Å². The molecular weight excluding hydrogens is 308 g/mol. The third-order valence-electron chi connectivity index (χ3n) is 2.88. The number of carbonyl (C=O) groups excluding carboxylic acids is 1. The van der Waals surface area contributed by atoms with Crippen molar-refractivity contribution in [3.05, 3.63) is 12.7 Å². The molecule has 9 heteroatoms. The predicted octanol–water partition coefficient (Wildman–Crippen LogP) is 1.98. The summed E-state index contributed by atoms with van der Waals surface area (Å²) in [5, 5.41) is 9.77. The molecule has 114 valence electrons. The molecule has 2 aromatic rings. The largest absolute Gasteiger partial charge is 0.294 e. The molecular formula is C12H18N6OS2. The molecule has 0 bridgehead atoms. The number of hydrogen-bond acceptors (Lipinski definition) is 7. The van der Waals surface area contributed by atoms with Crippen LogP contribution in [0.2, 0.25) is 0 Å². The molecule has 21 heavy (non-hydrogen) atoms. The number of thioether (sulfide) groups is 2. The Hall–Kier alpha value is -1.35. The lowest BCUT2D eigenvalue weighted by atomic mass is 9.89. The molecule has 0 saturated heterocycles. The average Bonchev–Trinajstić information content (AvgIpc) is 3.06. The number of carbonyl (C=O) groups is 1. The fourth-order valence-electron chi connectivity index (χ4n) is 1.82. The molecule has 0 aromatic carbocycles. The Morgan fingerprint density at radius 3 is 1.81 bits per heavy atom. The number of rotatable bonds is 5. The smallest absolute Gasteiger partial charge is 0.207 e. The maximum atomic E-state index is 12.9. The zero-order valence-corrected chi connectivity index (χ0v) is 14.3. The summed E-state index contributed by atoms with van der Waals surface area (Å²) in [6.07, 6.45) is 6.01. The third kappa shape index (κ3) is 3.13. The van der Waals surface area contributed by atoms with Gasteiger partial charge in [-0.1, -0.05) is 44.3 Å². The van der Waals surface area contributed by atoms with E-state index in [4.69, 9.17) is 0 Å². The van der Waals surface area contributed by atoms with Gasteiger partial charge in [0.2, 0.25) is 6.17 Å². The van der Waals surface area contributed by atoms with Crippen molar-refractivity contribution in [2.45, 2.75) is 37.2 Å².